The predicted octanol–water partition coefficient (Wildman–Crippen LogP) is 1.65. The lowest BCUT2D eigenvalue weighted by Gasteiger charge is -2.20. The fourth-order valence-electron chi connectivity index (χ4n) is 1.96. The summed E-state index contributed by atoms with van der Waals surface area (Å²) >= 11 is 0. The molecular formula is C11H14F3N3O. The average Bonchev–Trinajstić information content (AvgIpc) is 2.73. The maximum Gasteiger partial charge on any atom is 0.418 e. The van der Waals surface area contributed by atoms with Gasteiger partial charge in [0.05, 0.1) is 12.7 Å². The number of nitrogens with zero attached hydrogens (tertiary/aromatic N) is 2. The predicted molar refractivity (Wildman–Crippen MR) is 60.6 cm³/mol. The van der Waals surface area contributed by atoms with Crippen molar-refractivity contribution < 1.29 is 17.9 Å². The van der Waals surface area contributed by atoms with E-state index < -0.39 is 11.7 Å². The van der Waals surface area contributed by atoms with Crippen LogP contribution in [0.4, 0.5) is 19.0 Å². The molecular weight excluding hydrogens is 247 g/mol. The van der Waals surface area contributed by atoms with Crippen LogP contribution in [-0.4, -0.2) is 31.2 Å². The van der Waals surface area contributed by atoms with Crippen molar-refractivity contribution in [3.05, 3.63) is 17.8 Å². The lowest BCUT2D eigenvalue weighted by molar-refractivity contribution is -0.137. The number of rotatable bonds is 2. The van der Waals surface area contributed by atoms with Gasteiger partial charge in [0, 0.05) is 25.3 Å². The molecule has 4 nitrogen and oxygen atoms in total. The first-order chi connectivity index (χ1) is 8.41. The third-order valence-electron chi connectivity index (χ3n) is 2.90. The summed E-state index contributed by atoms with van der Waals surface area (Å²) in [4.78, 5) is 5.69. The molecule has 0 unspecified atom stereocenters. The molecule has 1 atom stereocenters. The largest absolute Gasteiger partial charge is 0.493 e. The van der Waals surface area contributed by atoms with Crippen LogP contribution >= 0.6 is 0 Å². The van der Waals surface area contributed by atoms with E-state index in [1.54, 1.807) is 0 Å². The first kappa shape index (κ1) is 12.9. The first-order valence-electron chi connectivity index (χ1n) is 5.53. The zero-order chi connectivity index (χ0) is 13.3. The van der Waals surface area contributed by atoms with E-state index in [-0.39, 0.29) is 11.8 Å². The maximum atomic E-state index is 12.5. The molecule has 1 saturated heterocycles. The highest BCUT2D eigenvalue weighted by Gasteiger charge is 2.33. The van der Waals surface area contributed by atoms with E-state index in [4.69, 9.17) is 10.5 Å². The van der Waals surface area contributed by atoms with Gasteiger partial charge in [-0.2, -0.15) is 13.2 Å². The van der Waals surface area contributed by atoms with Crippen molar-refractivity contribution in [3.8, 4) is 5.75 Å². The van der Waals surface area contributed by atoms with Crippen molar-refractivity contribution in [1.29, 1.82) is 0 Å². The smallest absolute Gasteiger partial charge is 0.418 e. The highest BCUT2D eigenvalue weighted by Crippen LogP contribution is 2.35. The Labute approximate surface area is 103 Å². The molecule has 2 heterocycles. The number of hydrogen-bond donors (Lipinski definition) is 1. The molecule has 1 aliphatic rings. The number of anilines is 1. The second-order valence-corrected chi connectivity index (χ2v) is 4.24. The zero-order valence-electron chi connectivity index (χ0n) is 9.87. The van der Waals surface area contributed by atoms with Crippen LogP contribution in [-0.2, 0) is 6.18 Å². The molecule has 0 amide bonds. The normalized spacial score (nSPS) is 20.3. The second kappa shape index (κ2) is 4.64. The van der Waals surface area contributed by atoms with E-state index >= 15 is 0 Å². The van der Waals surface area contributed by atoms with Crippen molar-refractivity contribution in [2.75, 3.05) is 25.1 Å². The molecule has 0 bridgehead atoms. The molecule has 1 fully saturated rings. The summed E-state index contributed by atoms with van der Waals surface area (Å²) in [6.07, 6.45) is -2.80. The minimum atomic E-state index is -4.42. The SMILES string of the molecule is COc1cc(C(F)(F)F)cnc1N1CC[C@@H](N)C1. The Hall–Kier alpha value is -1.50. The number of methoxy groups -OCH3 is 1. The number of pyridine rings is 1. The number of ether oxygens (including phenoxy) is 1. The van der Waals surface area contributed by atoms with Gasteiger partial charge in [0.15, 0.2) is 11.6 Å². The summed E-state index contributed by atoms with van der Waals surface area (Å²) in [5.74, 6) is 0.539. The van der Waals surface area contributed by atoms with Gasteiger partial charge in [-0.3, -0.25) is 0 Å². The van der Waals surface area contributed by atoms with Crippen molar-refractivity contribution in [3.63, 3.8) is 0 Å². The molecule has 0 aliphatic carbocycles. The average molecular weight is 261 g/mol. The number of alkyl halides is 3. The van der Waals surface area contributed by atoms with Gasteiger partial charge in [0.25, 0.3) is 0 Å². The summed E-state index contributed by atoms with van der Waals surface area (Å²) in [5, 5.41) is 0. The van der Waals surface area contributed by atoms with Crippen molar-refractivity contribution in [1.82, 2.24) is 4.98 Å². The highest BCUT2D eigenvalue weighted by molar-refractivity contribution is 5.54. The van der Waals surface area contributed by atoms with Crippen LogP contribution < -0.4 is 15.4 Å². The van der Waals surface area contributed by atoms with E-state index in [0.29, 0.717) is 18.9 Å². The van der Waals surface area contributed by atoms with Gasteiger partial charge in [0.1, 0.15) is 0 Å². The fourth-order valence-corrected chi connectivity index (χ4v) is 1.96. The topological polar surface area (TPSA) is 51.4 Å². The molecule has 2 rings (SSSR count). The lowest BCUT2D eigenvalue weighted by Crippen LogP contribution is -2.27. The number of hydrogen-bond acceptors (Lipinski definition) is 4. The maximum absolute atomic E-state index is 12.5. The van der Waals surface area contributed by atoms with Gasteiger partial charge in [-0.15, -0.1) is 0 Å². The summed E-state index contributed by atoms with van der Waals surface area (Å²) in [6, 6.07) is 0.991. The van der Waals surface area contributed by atoms with E-state index in [2.05, 4.69) is 4.98 Å². The Bertz CT molecular complexity index is 436. The molecule has 100 valence electrons. The quantitative estimate of drug-likeness (QED) is 0.879. The Kier molecular flexibility index (Phi) is 3.34. The van der Waals surface area contributed by atoms with Gasteiger partial charge in [0.2, 0.25) is 0 Å². The van der Waals surface area contributed by atoms with Crippen LogP contribution in [0.25, 0.3) is 0 Å². The standard InChI is InChI=1S/C11H14F3N3O/c1-18-9-4-7(11(12,13)14)5-16-10(9)17-3-2-8(15)6-17/h4-5,8H,2-3,6,15H2,1H3/t8-/m1/s1. The van der Waals surface area contributed by atoms with E-state index in [0.717, 1.165) is 18.7 Å². The monoisotopic (exact) mass is 261 g/mol. The molecule has 2 N–H and O–H groups in total. The molecule has 7 heteroatoms. The first-order valence-corrected chi connectivity index (χ1v) is 5.53. The zero-order valence-corrected chi connectivity index (χ0v) is 9.87. The van der Waals surface area contributed by atoms with Crippen LogP contribution in [0.1, 0.15) is 12.0 Å². The Balaban J connectivity index is 2.32. The highest BCUT2D eigenvalue weighted by atomic mass is 19.4. The lowest BCUT2D eigenvalue weighted by atomic mass is 10.2. The van der Waals surface area contributed by atoms with Crippen molar-refractivity contribution >= 4 is 5.82 Å². The summed E-state index contributed by atoms with van der Waals surface area (Å²) in [7, 11) is 1.33. The summed E-state index contributed by atoms with van der Waals surface area (Å²) in [6.45, 7) is 1.25. The van der Waals surface area contributed by atoms with Gasteiger partial charge in [-0.25, -0.2) is 4.98 Å². The Morgan fingerprint density at radius 1 is 1.50 bits per heavy atom. The fraction of sp³-hybridized carbons (Fsp3) is 0.545. The van der Waals surface area contributed by atoms with E-state index in [9.17, 15) is 13.2 Å². The van der Waals surface area contributed by atoms with E-state index in [1.807, 2.05) is 4.90 Å². The molecule has 1 aromatic rings. The Morgan fingerprint density at radius 2 is 2.22 bits per heavy atom. The van der Waals surface area contributed by atoms with Crippen LogP contribution in [0.15, 0.2) is 12.3 Å². The van der Waals surface area contributed by atoms with Gasteiger partial charge in [-0.05, 0) is 12.5 Å². The molecule has 0 radical (unpaired) electrons. The van der Waals surface area contributed by atoms with Gasteiger partial charge < -0.3 is 15.4 Å². The second-order valence-electron chi connectivity index (χ2n) is 4.24. The van der Waals surface area contributed by atoms with Gasteiger partial charge >= 0.3 is 6.18 Å². The molecule has 0 spiro atoms. The van der Waals surface area contributed by atoms with Crippen LogP contribution in [0, 0.1) is 0 Å². The summed E-state index contributed by atoms with van der Waals surface area (Å²) in [5.41, 5.74) is 4.95. The third kappa shape index (κ3) is 2.50. The van der Waals surface area contributed by atoms with Crippen LogP contribution in [0.5, 0.6) is 5.75 Å². The minimum absolute atomic E-state index is 0.0267. The van der Waals surface area contributed by atoms with Crippen molar-refractivity contribution in [2.24, 2.45) is 5.73 Å². The summed E-state index contributed by atoms with van der Waals surface area (Å²) < 4.78 is 42.6. The number of aromatic nitrogens is 1. The molecule has 0 saturated carbocycles. The van der Waals surface area contributed by atoms with Crippen molar-refractivity contribution in [2.45, 2.75) is 18.6 Å². The third-order valence-corrected chi connectivity index (χ3v) is 2.90. The molecule has 18 heavy (non-hydrogen) atoms. The Morgan fingerprint density at radius 3 is 2.72 bits per heavy atom. The minimum Gasteiger partial charge on any atom is -0.493 e. The van der Waals surface area contributed by atoms with Crippen LogP contribution in [0.3, 0.4) is 0 Å². The number of halogens is 3. The van der Waals surface area contributed by atoms with Crippen LogP contribution in [0.2, 0.25) is 0 Å². The number of nitrogens with two attached hydrogens (primary N) is 1. The molecule has 1 aliphatic heterocycles. The van der Waals surface area contributed by atoms with E-state index in [1.165, 1.54) is 7.11 Å². The molecule has 1 aromatic heterocycles. The van der Waals surface area contributed by atoms with Gasteiger partial charge in [-0.1, -0.05) is 0 Å². The molecule has 0 aromatic carbocycles.